The van der Waals surface area contributed by atoms with Crippen LogP contribution >= 0.6 is 11.3 Å². The molecule has 7 heteroatoms. The lowest BCUT2D eigenvalue weighted by Crippen LogP contribution is -2.50. The number of anilines is 1. The van der Waals surface area contributed by atoms with Gasteiger partial charge in [0.25, 0.3) is 0 Å². The van der Waals surface area contributed by atoms with Crippen LogP contribution < -0.4 is 4.90 Å². The average molecular weight is 336 g/mol. The summed E-state index contributed by atoms with van der Waals surface area (Å²) < 4.78 is 0. The molecule has 0 N–H and O–H groups in total. The van der Waals surface area contributed by atoms with Crippen LogP contribution in [0.1, 0.15) is 20.3 Å². The van der Waals surface area contributed by atoms with Crippen molar-refractivity contribution in [3.05, 3.63) is 11.6 Å². The zero-order chi connectivity index (χ0) is 16.4. The SMILES string of the molecule is CC(C)CN1C[C@@H](C(=O)N2CCN(c3nccs3)CC2)CC1=O. The van der Waals surface area contributed by atoms with Gasteiger partial charge in [0.2, 0.25) is 11.8 Å². The van der Waals surface area contributed by atoms with E-state index in [1.54, 1.807) is 11.3 Å². The van der Waals surface area contributed by atoms with Crippen molar-refractivity contribution < 1.29 is 9.59 Å². The highest BCUT2D eigenvalue weighted by atomic mass is 32.1. The molecular weight excluding hydrogens is 312 g/mol. The zero-order valence-electron chi connectivity index (χ0n) is 13.8. The van der Waals surface area contributed by atoms with Crippen molar-refractivity contribution in [3.8, 4) is 0 Å². The summed E-state index contributed by atoms with van der Waals surface area (Å²) in [7, 11) is 0. The summed E-state index contributed by atoms with van der Waals surface area (Å²) in [6.45, 7) is 8.59. The maximum Gasteiger partial charge on any atom is 0.228 e. The van der Waals surface area contributed by atoms with Crippen molar-refractivity contribution in [2.45, 2.75) is 20.3 Å². The van der Waals surface area contributed by atoms with Crippen LogP contribution in [0.3, 0.4) is 0 Å². The maximum atomic E-state index is 12.7. The normalized spacial score (nSPS) is 22.3. The molecule has 0 bridgehead atoms. The van der Waals surface area contributed by atoms with Crippen LogP contribution in [0, 0.1) is 11.8 Å². The van der Waals surface area contributed by atoms with Crippen LogP contribution in [0.15, 0.2) is 11.6 Å². The monoisotopic (exact) mass is 336 g/mol. The molecule has 126 valence electrons. The molecule has 0 aromatic carbocycles. The first kappa shape index (κ1) is 16.2. The minimum Gasteiger partial charge on any atom is -0.345 e. The summed E-state index contributed by atoms with van der Waals surface area (Å²) in [5.41, 5.74) is 0. The second-order valence-corrected chi connectivity index (χ2v) is 7.59. The molecule has 0 aliphatic carbocycles. The second-order valence-electron chi connectivity index (χ2n) is 6.72. The molecule has 0 saturated carbocycles. The zero-order valence-corrected chi connectivity index (χ0v) is 14.6. The van der Waals surface area contributed by atoms with Gasteiger partial charge >= 0.3 is 0 Å². The molecule has 2 aliphatic heterocycles. The smallest absolute Gasteiger partial charge is 0.228 e. The fourth-order valence-electron chi connectivity index (χ4n) is 3.30. The Morgan fingerprint density at radius 3 is 2.70 bits per heavy atom. The standard InChI is InChI=1S/C16H24N4O2S/c1-12(2)10-20-11-13(9-14(20)21)15(22)18-4-6-19(7-5-18)16-17-3-8-23-16/h3,8,12-13H,4-7,9-11H2,1-2H3/t13-/m0/s1. The summed E-state index contributed by atoms with van der Waals surface area (Å²) in [5, 5.41) is 3.00. The molecule has 23 heavy (non-hydrogen) atoms. The molecule has 3 rings (SSSR count). The Kier molecular flexibility index (Phi) is 4.84. The third-order valence-corrected chi connectivity index (χ3v) is 5.26. The summed E-state index contributed by atoms with van der Waals surface area (Å²) in [5.74, 6) is 0.546. The number of hydrogen-bond acceptors (Lipinski definition) is 5. The predicted molar refractivity (Wildman–Crippen MR) is 90.4 cm³/mol. The number of carbonyl (C=O) groups is 2. The number of amides is 2. The first-order valence-corrected chi connectivity index (χ1v) is 9.13. The molecule has 2 fully saturated rings. The van der Waals surface area contributed by atoms with Gasteiger partial charge in [-0.15, -0.1) is 11.3 Å². The summed E-state index contributed by atoms with van der Waals surface area (Å²) in [4.78, 5) is 35.1. The Bertz CT molecular complexity index is 552. The van der Waals surface area contributed by atoms with Gasteiger partial charge in [-0.25, -0.2) is 4.98 Å². The minimum atomic E-state index is -0.160. The van der Waals surface area contributed by atoms with E-state index in [9.17, 15) is 9.59 Å². The molecule has 2 aliphatic rings. The van der Waals surface area contributed by atoms with E-state index in [0.717, 1.165) is 24.8 Å². The summed E-state index contributed by atoms with van der Waals surface area (Å²) >= 11 is 1.63. The molecule has 1 atom stereocenters. The van der Waals surface area contributed by atoms with E-state index in [-0.39, 0.29) is 17.7 Å². The highest BCUT2D eigenvalue weighted by Crippen LogP contribution is 2.23. The van der Waals surface area contributed by atoms with Crippen LogP contribution in [0.25, 0.3) is 0 Å². The lowest BCUT2D eigenvalue weighted by Gasteiger charge is -2.35. The van der Waals surface area contributed by atoms with Crippen LogP contribution in [-0.4, -0.2) is 65.9 Å². The van der Waals surface area contributed by atoms with E-state index in [1.165, 1.54) is 0 Å². The quantitative estimate of drug-likeness (QED) is 0.831. The third kappa shape index (κ3) is 3.65. The Morgan fingerprint density at radius 1 is 1.35 bits per heavy atom. The molecule has 3 heterocycles. The van der Waals surface area contributed by atoms with Gasteiger partial charge in [0, 0.05) is 57.3 Å². The molecule has 0 unspecified atom stereocenters. The number of aromatic nitrogens is 1. The number of nitrogens with zero attached hydrogens (tertiary/aromatic N) is 4. The Morgan fingerprint density at radius 2 is 2.09 bits per heavy atom. The number of hydrogen-bond donors (Lipinski definition) is 0. The van der Waals surface area contributed by atoms with Crippen molar-refractivity contribution in [1.82, 2.24) is 14.8 Å². The maximum absolute atomic E-state index is 12.7. The average Bonchev–Trinajstić information content (AvgIpc) is 3.17. The van der Waals surface area contributed by atoms with E-state index in [1.807, 2.05) is 21.4 Å². The van der Waals surface area contributed by atoms with Crippen molar-refractivity contribution >= 4 is 28.3 Å². The topological polar surface area (TPSA) is 56.8 Å². The fraction of sp³-hybridized carbons (Fsp3) is 0.688. The van der Waals surface area contributed by atoms with Crippen LogP contribution in [0.2, 0.25) is 0 Å². The van der Waals surface area contributed by atoms with Gasteiger partial charge in [0.05, 0.1) is 5.92 Å². The number of carbonyl (C=O) groups excluding carboxylic acids is 2. The van der Waals surface area contributed by atoms with Gasteiger partial charge in [-0.2, -0.15) is 0 Å². The van der Waals surface area contributed by atoms with E-state index < -0.39 is 0 Å². The molecule has 0 spiro atoms. The largest absolute Gasteiger partial charge is 0.345 e. The summed E-state index contributed by atoms with van der Waals surface area (Å²) in [6.07, 6.45) is 2.18. The van der Waals surface area contributed by atoms with Crippen molar-refractivity contribution in [2.24, 2.45) is 11.8 Å². The Balaban J connectivity index is 1.53. The van der Waals surface area contributed by atoms with Crippen LogP contribution in [0.4, 0.5) is 5.13 Å². The molecule has 1 aromatic heterocycles. The lowest BCUT2D eigenvalue weighted by molar-refractivity contribution is -0.136. The van der Waals surface area contributed by atoms with E-state index in [2.05, 4.69) is 23.7 Å². The predicted octanol–water partition coefficient (Wildman–Crippen LogP) is 1.30. The van der Waals surface area contributed by atoms with E-state index in [4.69, 9.17) is 0 Å². The summed E-state index contributed by atoms with van der Waals surface area (Å²) in [6, 6.07) is 0. The molecule has 6 nitrogen and oxygen atoms in total. The van der Waals surface area contributed by atoms with Crippen molar-refractivity contribution in [2.75, 3.05) is 44.2 Å². The first-order chi connectivity index (χ1) is 11.0. The molecule has 0 radical (unpaired) electrons. The number of rotatable bonds is 4. The van der Waals surface area contributed by atoms with Gasteiger partial charge < -0.3 is 14.7 Å². The Hall–Kier alpha value is -1.63. The van der Waals surface area contributed by atoms with Gasteiger partial charge in [-0.3, -0.25) is 9.59 Å². The highest BCUT2D eigenvalue weighted by molar-refractivity contribution is 7.13. The van der Waals surface area contributed by atoms with Crippen molar-refractivity contribution in [3.63, 3.8) is 0 Å². The third-order valence-electron chi connectivity index (χ3n) is 4.43. The van der Waals surface area contributed by atoms with Crippen LogP contribution in [-0.2, 0) is 9.59 Å². The van der Waals surface area contributed by atoms with Crippen LogP contribution in [0.5, 0.6) is 0 Å². The minimum absolute atomic E-state index is 0.124. The lowest BCUT2D eigenvalue weighted by atomic mass is 10.1. The Labute approximate surface area is 141 Å². The molecule has 2 saturated heterocycles. The second kappa shape index (κ2) is 6.86. The highest BCUT2D eigenvalue weighted by Gasteiger charge is 2.37. The van der Waals surface area contributed by atoms with Crippen molar-refractivity contribution in [1.29, 1.82) is 0 Å². The number of piperazine rings is 1. The van der Waals surface area contributed by atoms with Gasteiger partial charge in [-0.05, 0) is 5.92 Å². The van der Waals surface area contributed by atoms with E-state index in [0.29, 0.717) is 32.0 Å². The van der Waals surface area contributed by atoms with Gasteiger partial charge in [-0.1, -0.05) is 13.8 Å². The van der Waals surface area contributed by atoms with Gasteiger partial charge in [0.1, 0.15) is 0 Å². The van der Waals surface area contributed by atoms with E-state index >= 15 is 0 Å². The van der Waals surface area contributed by atoms with Gasteiger partial charge in [0.15, 0.2) is 5.13 Å². The molecule has 2 amide bonds. The first-order valence-electron chi connectivity index (χ1n) is 8.25. The fourth-order valence-corrected chi connectivity index (χ4v) is 4.00. The molecule has 1 aromatic rings. The number of likely N-dealkylation sites (tertiary alicyclic amines) is 1. The number of thiazole rings is 1. The molecular formula is C16H24N4O2S.